The number of nitrogens with zero attached hydrogens (tertiary/aromatic N) is 1. The van der Waals surface area contributed by atoms with Crippen LogP contribution in [-0.4, -0.2) is 89.0 Å². The summed E-state index contributed by atoms with van der Waals surface area (Å²) in [5.41, 5.74) is 0.260. The van der Waals surface area contributed by atoms with Crippen molar-refractivity contribution in [2.24, 2.45) is 0 Å². The lowest BCUT2D eigenvalue weighted by Gasteiger charge is -2.38. The number of rotatable bonds is 11. The summed E-state index contributed by atoms with van der Waals surface area (Å²) in [4.78, 5) is 0.293. The summed E-state index contributed by atoms with van der Waals surface area (Å²) in [6, 6.07) is 12.3. The maximum absolute atomic E-state index is 13.0. The summed E-state index contributed by atoms with van der Waals surface area (Å²) in [6.07, 6.45) is 1.05. The van der Waals surface area contributed by atoms with E-state index in [0.717, 1.165) is 0 Å². The van der Waals surface area contributed by atoms with Crippen LogP contribution in [0.3, 0.4) is 0 Å². The number of nitrogens with one attached hydrogen (secondary N) is 2. The van der Waals surface area contributed by atoms with Gasteiger partial charge in [-0.2, -0.15) is 4.31 Å². The van der Waals surface area contributed by atoms with E-state index in [9.17, 15) is 27.0 Å². The standard InChI is InChI=1S/C25H35N3O8S2/c1-26-37(31,32)24-4-2-3-22(13-24)35-18-21(30)15-27-20-14-25(36-17-20)9-11-28(12-10-25)38(33,34)23-7-5-19(16-29)6-8-23/h2-8,13,20-21,26-27,29-30H,9-12,14-18H2,1H3. The first kappa shape index (κ1) is 28.9. The molecule has 2 aliphatic heterocycles. The molecule has 2 aromatic rings. The molecule has 0 radical (unpaired) electrons. The molecule has 0 bridgehead atoms. The van der Waals surface area contributed by atoms with E-state index in [-0.39, 0.29) is 35.6 Å². The molecule has 38 heavy (non-hydrogen) atoms. The molecule has 210 valence electrons. The Labute approximate surface area is 223 Å². The molecule has 0 aromatic heterocycles. The summed E-state index contributed by atoms with van der Waals surface area (Å²) in [6.45, 7) is 1.29. The third-order valence-electron chi connectivity index (χ3n) is 7.06. The van der Waals surface area contributed by atoms with Gasteiger partial charge in [-0.05, 0) is 56.1 Å². The topological polar surface area (TPSA) is 154 Å². The lowest BCUT2D eigenvalue weighted by molar-refractivity contribution is -0.0312. The van der Waals surface area contributed by atoms with E-state index >= 15 is 0 Å². The SMILES string of the molecule is CNS(=O)(=O)c1cccc(OCC(O)CNC2COC3(CCN(S(=O)(=O)c4ccc(CO)cc4)CC3)C2)c1. The van der Waals surface area contributed by atoms with Crippen molar-refractivity contribution >= 4 is 20.0 Å². The van der Waals surface area contributed by atoms with Crippen LogP contribution in [0.1, 0.15) is 24.8 Å². The second kappa shape index (κ2) is 12.0. The molecule has 4 rings (SSSR count). The van der Waals surface area contributed by atoms with Crippen molar-refractivity contribution in [1.29, 1.82) is 0 Å². The van der Waals surface area contributed by atoms with Crippen LogP contribution in [0.4, 0.5) is 0 Å². The van der Waals surface area contributed by atoms with Gasteiger partial charge in [0.2, 0.25) is 20.0 Å². The minimum Gasteiger partial charge on any atom is -0.491 e. The molecule has 0 aliphatic carbocycles. The third-order valence-corrected chi connectivity index (χ3v) is 10.4. The Morgan fingerprint density at radius 3 is 2.47 bits per heavy atom. The van der Waals surface area contributed by atoms with Crippen LogP contribution in [0.2, 0.25) is 0 Å². The zero-order chi connectivity index (χ0) is 27.4. The smallest absolute Gasteiger partial charge is 0.243 e. The molecule has 0 amide bonds. The van der Waals surface area contributed by atoms with Gasteiger partial charge >= 0.3 is 0 Å². The second-order valence-corrected chi connectivity index (χ2v) is 13.5. The van der Waals surface area contributed by atoms with Crippen molar-refractivity contribution in [3.8, 4) is 5.75 Å². The lowest BCUT2D eigenvalue weighted by Crippen LogP contribution is -2.47. The lowest BCUT2D eigenvalue weighted by atomic mass is 9.88. The Bertz CT molecular complexity index is 1290. The summed E-state index contributed by atoms with van der Waals surface area (Å²) >= 11 is 0. The van der Waals surface area contributed by atoms with Crippen LogP contribution < -0.4 is 14.8 Å². The van der Waals surface area contributed by atoms with Crippen molar-refractivity contribution in [3.63, 3.8) is 0 Å². The molecule has 2 saturated heterocycles. The Morgan fingerprint density at radius 2 is 1.82 bits per heavy atom. The van der Waals surface area contributed by atoms with Crippen LogP contribution in [0, 0.1) is 0 Å². The predicted molar refractivity (Wildman–Crippen MR) is 140 cm³/mol. The number of hydrogen-bond donors (Lipinski definition) is 4. The average molecular weight is 570 g/mol. The fourth-order valence-corrected chi connectivity index (χ4v) is 6.98. The molecule has 0 saturated carbocycles. The average Bonchev–Trinajstić information content (AvgIpc) is 3.33. The highest BCUT2D eigenvalue weighted by atomic mass is 32.2. The van der Waals surface area contributed by atoms with Gasteiger partial charge < -0.3 is 25.0 Å². The molecule has 13 heteroatoms. The normalized spacial score (nSPS) is 21.0. The van der Waals surface area contributed by atoms with E-state index in [2.05, 4.69) is 10.0 Å². The summed E-state index contributed by atoms with van der Waals surface area (Å²) in [5.74, 6) is 0.342. The van der Waals surface area contributed by atoms with Crippen LogP contribution in [-0.2, 0) is 31.4 Å². The van der Waals surface area contributed by atoms with Gasteiger partial charge in [0, 0.05) is 31.7 Å². The highest BCUT2D eigenvalue weighted by Gasteiger charge is 2.44. The maximum atomic E-state index is 13.0. The Hall–Kier alpha value is -2.10. The van der Waals surface area contributed by atoms with Gasteiger partial charge in [0.1, 0.15) is 18.5 Å². The molecule has 4 N–H and O–H groups in total. The second-order valence-electron chi connectivity index (χ2n) is 9.66. The van der Waals surface area contributed by atoms with Gasteiger partial charge in [-0.25, -0.2) is 21.6 Å². The Morgan fingerprint density at radius 1 is 1.11 bits per heavy atom. The Balaban J connectivity index is 1.22. The number of sulfonamides is 2. The quantitative estimate of drug-likeness (QED) is 0.302. The molecule has 2 fully saturated rings. The number of piperidine rings is 1. The minimum absolute atomic E-state index is 0.0130. The molecule has 2 aliphatic rings. The zero-order valence-electron chi connectivity index (χ0n) is 21.2. The summed E-state index contributed by atoms with van der Waals surface area (Å²) in [5, 5.41) is 22.9. The van der Waals surface area contributed by atoms with E-state index in [1.54, 1.807) is 24.3 Å². The number of hydrogen-bond acceptors (Lipinski definition) is 9. The van der Waals surface area contributed by atoms with Crippen molar-refractivity contribution in [2.45, 2.75) is 53.4 Å². The fourth-order valence-electron chi connectivity index (χ4n) is 4.78. The predicted octanol–water partition coefficient (Wildman–Crippen LogP) is 0.429. The molecule has 2 unspecified atom stereocenters. The molecular weight excluding hydrogens is 534 g/mol. The van der Waals surface area contributed by atoms with E-state index in [0.29, 0.717) is 50.3 Å². The molecule has 2 aromatic carbocycles. The first-order valence-corrected chi connectivity index (χ1v) is 15.4. The van der Waals surface area contributed by atoms with Gasteiger partial charge in [0.15, 0.2) is 0 Å². The molecule has 11 nitrogen and oxygen atoms in total. The largest absolute Gasteiger partial charge is 0.491 e. The van der Waals surface area contributed by atoms with E-state index in [4.69, 9.17) is 9.47 Å². The summed E-state index contributed by atoms with van der Waals surface area (Å²) in [7, 11) is -5.87. The van der Waals surface area contributed by atoms with Crippen molar-refractivity contribution in [1.82, 2.24) is 14.3 Å². The third kappa shape index (κ3) is 6.72. The zero-order valence-corrected chi connectivity index (χ0v) is 22.9. The molecule has 2 heterocycles. The van der Waals surface area contributed by atoms with Crippen LogP contribution >= 0.6 is 0 Å². The first-order valence-electron chi connectivity index (χ1n) is 12.5. The first-order chi connectivity index (χ1) is 18.1. The monoisotopic (exact) mass is 569 g/mol. The van der Waals surface area contributed by atoms with Crippen molar-refractivity contribution in [3.05, 3.63) is 54.1 Å². The van der Waals surface area contributed by atoms with Crippen LogP contribution in [0.25, 0.3) is 0 Å². The van der Waals surface area contributed by atoms with Gasteiger partial charge in [-0.1, -0.05) is 18.2 Å². The van der Waals surface area contributed by atoms with Crippen LogP contribution in [0.5, 0.6) is 5.75 Å². The number of benzene rings is 2. The maximum Gasteiger partial charge on any atom is 0.243 e. The molecular formula is C25H35N3O8S2. The summed E-state index contributed by atoms with van der Waals surface area (Å²) < 4.78 is 65.4. The molecule has 2 atom stereocenters. The van der Waals surface area contributed by atoms with E-state index in [1.807, 2.05) is 0 Å². The molecule has 1 spiro atoms. The highest BCUT2D eigenvalue weighted by molar-refractivity contribution is 7.89. The number of ether oxygens (including phenoxy) is 2. The van der Waals surface area contributed by atoms with E-state index in [1.165, 1.54) is 35.6 Å². The van der Waals surface area contributed by atoms with Gasteiger partial charge in [-0.15, -0.1) is 0 Å². The highest BCUT2D eigenvalue weighted by Crippen LogP contribution is 2.37. The van der Waals surface area contributed by atoms with Gasteiger partial charge in [0.25, 0.3) is 0 Å². The van der Waals surface area contributed by atoms with Crippen molar-refractivity contribution in [2.75, 3.05) is 39.9 Å². The van der Waals surface area contributed by atoms with E-state index < -0.39 is 31.8 Å². The van der Waals surface area contributed by atoms with Gasteiger partial charge in [-0.3, -0.25) is 0 Å². The Kier molecular flexibility index (Phi) is 9.10. The fraction of sp³-hybridized carbons (Fsp3) is 0.520. The number of aliphatic hydroxyl groups excluding tert-OH is 2. The van der Waals surface area contributed by atoms with Crippen molar-refractivity contribution < 1.29 is 36.5 Å². The minimum atomic E-state index is -3.61. The number of aliphatic hydroxyl groups is 2. The van der Waals surface area contributed by atoms with Crippen LogP contribution in [0.15, 0.2) is 58.3 Å². The van der Waals surface area contributed by atoms with Gasteiger partial charge in [0.05, 0.1) is 28.6 Å².